The molecule has 0 N–H and O–H groups in total. The highest BCUT2D eigenvalue weighted by atomic mass is 14.1. The largest absolute Gasteiger partial charge is 0.0654 e. The van der Waals surface area contributed by atoms with Gasteiger partial charge in [-0.25, -0.2) is 0 Å². The van der Waals surface area contributed by atoms with Crippen LogP contribution in [0.25, 0.3) is 43.1 Å². The van der Waals surface area contributed by atoms with Crippen LogP contribution in [0.5, 0.6) is 0 Å². The van der Waals surface area contributed by atoms with Crippen LogP contribution < -0.4 is 0 Å². The van der Waals surface area contributed by atoms with Crippen molar-refractivity contribution in [2.75, 3.05) is 0 Å². The molecule has 0 radical (unpaired) electrons. The van der Waals surface area contributed by atoms with E-state index in [-0.39, 0.29) is 0 Å². The molecule has 0 unspecified atom stereocenters. The Bertz CT molecular complexity index is 1280. The van der Waals surface area contributed by atoms with Crippen molar-refractivity contribution in [1.29, 1.82) is 0 Å². The average molecular weight is 419 g/mol. The Hall–Kier alpha value is -2.86. The van der Waals surface area contributed by atoms with Crippen LogP contribution in [-0.2, 0) is 12.8 Å². The minimum absolute atomic E-state index is 1.19. The molecule has 0 bridgehead atoms. The van der Waals surface area contributed by atoms with Crippen LogP contribution in [0.15, 0.2) is 72.8 Å². The lowest BCUT2D eigenvalue weighted by atomic mass is 9.92. The van der Waals surface area contributed by atoms with Gasteiger partial charge in [0.2, 0.25) is 0 Å². The van der Waals surface area contributed by atoms with Gasteiger partial charge in [0.15, 0.2) is 0 Å². The summed E-state index contributed by atoms with van der Waals surface area (Å²) >= 11 is 0. The first-order chi connectivity index (χ1) is 15.8. The predicted molar refractivity (Wildman–Crippen MR) is 143 cm³/mol. The summed E-state index contributed by atoms with van der Waals surface area (Å²) in [5.74, 6) is 0. The number of hydrogen-bond donors (Lipinski definition) is 0. The summed E-state index contributed by atoms with van der Waals surface area (Å²) in [4.78, 5) is 0. The number of unbranched alkanes of at least 4 members (excludes halogenated alkanes) is 4. The summed E-state index contributed by atoms with van der Waals surface area (Å²) in [6.07, 6.45) is 10.1. The van der Waals surface area contributed by atoms with Gasteiger partial charge >= 0.3 is 0 Å². The van der Waals surface area contributed by atoms with Crippen LogP contribution in [0.2, 0.25) is 0 Å². The van der Waals surface area contributed by atoms with Crippen LogP contribution in [0, 0.1) is 0 Å². The van der Waals surface area contributed by atoms with Crippen LogP contribution in [-0.4, -0.2) is 0 Å². The third kappa shape index (κ3) is 3.99. The molecule has 0 heteroatoms. The van der Waals surface area contributed by atoms with E-state index >= 15 is 0 Å². The molecule has 0 saturated heterocycles. The Morgan fingerprint density at radius 1 is 0.406 bits per heavy atom. The van der Waals surface area contributed by atoms with E-state index in [1.165, 1.54) is 106 Å². The summed E-state index contributed by atoms with van der Waals surface area (Å²) in [6, 6.07) is 28.1. The van der Waals surface area contributed by atoms with Crippen molar-refractivity contribution in [2.24, 2.45) is 0 Å². The molecule has 5 aromatic rings. The molecule has 0 aromatic heterocycles. The first-order valence-corrected chi connectivity index (χ1v) is 12.6. The van der Waals surface area contributed by atoms with Crippen LogP contribution >= 0.6 is 0 Å². The molecule has 5 rings (SSSR count). The summed E-state index contributed by atoms with van der Waals surface area (Å²) in [6.45, 7) is 4.54. The quantitative estimate of drug-likeness (QED) is 0.174. The molecule has 162 valence electrons. The molecule has 0 fully saturated rings. The Balaban J connectivity index is 1.57. The van der Waals surface area contributed by atoms with Crippen LogP contribution in [0.3, 0.4) is 0 Å². The van der Waals surface area contributed by atoms with E-state index in [1.807, 2.05) is 0 Å². The molecule has 0 heterocycles. The topological polar surface area (TPSA) is 0 Å². The fourth-order valence-electron chi connectivity index (χ4n) is 5.27. The lowest BCUT2D eigenvalue weighted by Gasteiger charge is -2.12. The zero-order valence-electron chi connectivity index (χ0n) is 19.6. The summed E-state index contributed by atoms with van der Waals surface area (Å²) in [7, 11) is 0. The SMILES string of the molecule is CCCCCc1ccc2c(ccc3c2ccc2c4ccc(CCCCC)cc4ccc23)c1. The van der Waals surface area contributed by atoms with Crippen LogP contribution in [0.1, 0.15) is 63.5 Å². The molecule has 0 amide bonds. The second-order valence-electron chi connectivity index (χ2n) is 9.41. The minimum atomic E-state index is 1.19. The van der Waals surface area contributed by atoms with Gasteiger partial charge in [0, 0.05) is 0 Å². The second kappa shape index (κ2) is 9.33. The Morgan fingerprint density at radius 2 is 0.781 bits per heavy atom. The molecule has 0 aliphatic carbocycles. The lowest BCUT2D eigenvalue weighted by molar-refractivity contribution is 0.718. The maximum absolute atomic E-state index is 2.40. The normalized spacial score (nSPS) is 11.8. The Kier molecular flexibility index (Phi) is 6.12. The third-order valence-corrected chi connectivity index (χ3v) is 7.10. The fraction of sp³-hybridized carbons (Fsp3) is 0.312. The van der Waals surface area contributed by atoms with E-state index in [0.29, 0.717) is 0 Å². The molecule has 32 heavy (non-hydrogen) atoms. The smallest absolute Gasteiger partial charge is 0.00987 e. The standard InChI is InChI=1S/C32H34/c1-3-5-7-9-23-11-15-27-25(21-23)13-17-31-29(27)19-20-30-28-16-12-24(10-8-6-4-2)22-26(28)14-18-32(30)31/h11-22H,3-10H2,1-2H3. The third-order valence-electron chi connectivity index (χ3n) is 7.10. The number of benzene rings is 5. The van der Waals surface area contributed by atoms with Crippen molar-refractivity contribution < 1.29 is 0 Å². The molecular formula is C32H34. The minimum Gasteiger partial charge on any atom is -0.0654 e. The Labute approximate surface area is 192 Å². The van der Waals surface area contributed by atoms with Crippen molar-refractivity contribution in [3.8, 4) is 0 Å². The van der Waals surface area contributed by atoms with Gasteiger partial charge in [-0.1, -0.05) is 112 Å². The van der Waals surface area contributed by atoms with Gasteiger partial charge in [0.25, 0.3) is 0 Å². The molecule has 0 spiro atoms. The zero-order chi connectivity index (χ0) is 21.9. The van der Waals surface area contributed by atoms with Crippen molar-refractivity contribution >= 4 is 43.1 Å². The second-order valence-corrected chi connectivity index (χ2v) is 9.41. The highest BCUT2D eigenvalue weighted by Crippen LogP contribution is 2.35. The highest BCUT2D eigenvalue weighted by Gasteiger charge is 2.08. The van der Waals surface area contributed by atoms with Crippen molar-refractivity contribution in [3.63, 3.8) is 0 Å². The van der Waals surface area contributed by atoms with Crippen molar-refractivity contribution in [2.45, 2.75) is 65.2 Å². The maximum atomic E-state index is 2.40. The maximum Gasteiger partial charge on any atom is -0.00987 e. The molecule has 0 aliphatic rings. The van der Waals surface area contributed by atoms with Gasteiger partial charge in [-0.3, -0.25) is 0 Å². The van der Waals surface area contributed by atoms with Gasteiger partial charge < -0.3 is 0 Å². The van der Waals surface area contributed by atoms with E-state index in [0.717, 1.165) is 0 Å². The number of aryl methyl sites for hydroxylation is 2. The van der Waals surface area contributed by atoms with E-state index < -0.39 is 0 Å². The predicted octanol–water partition coefficient (Wildman–Crippen LogP) is 9.76. The van der Waals surface area contributed by atoms with E-state index in [1.54, 1.807) is 0 Å². The van der Waals surface area contributed by atoms with Crippen LogP contribution in [0.4, 0.5) is 0 Å². The van der Waals surface area contributed by atoms with Gasteiger partial charge in [0.05, 0.1) is 0 Å². The van der Waals surface area contributed by atoms with Gasteiger partial charge in [-0.05, 0) is 79.9 Å². The monoisotopic (exact) mass is 418 g/mol. The van der Waals surface area contributed by atoms with Gasteiger partial charge in [-0.2, -0.15) is 0 Å². The molecule has 5 aromatic carbocycles. The number of fused-ring (bicyclic) bond motifs is 7. The Morgan fingerprint density at radius 3 is 1.22 bits per heavy atom. The zero-order valence-corrected chi connectivity index (χ0v) is 19.6. The first-order valence-electron chi connectivity index (χ1n) is 12.6. The summed E-state index contributed by atoms with van der Waals surface area (Å²) in [5, 5.41) is 10.9. The van der Waals surface area contributed by atoms with E-state index in [2.05, 4.69) is 86.6 Å². The average Bonchev–Trinajstić information content (AvgIpc) is 2.83. The molecule has 0 nitrogen and oxygen atoms in total. The molecular weight excluding hydrogens is 384 g/mol. The van der Waals surface area contributed by atoms with Crippen molar-refractivity contribution in [3.05, 3.63) is 83.9 Å². The van der Waals surface area contributed by atoms with Crippen molar-refractivity contribution in [1.82, 2.24) is 0 Å². The fourth-order valence-corrected chi connectivity index (χ4v) is 5.27. The number of rotatable bonds is 8. The molecule has 0 saturated carbocycles. The number of hydrogen-bond acceptors (Lipinski definition) is 0. The molecule has 0 atom stereocenters. The van der Waals surface area contributed by atoms with E-state index in [9.17, 15) is 0 Å². The van der Waals surface area contributed by atoms with E-state index in [4.69, 9.17) is 0 Å². The van der Waals surface area contributed by atoms with Gasteiger partial charge in [-0.15, -0.1) is 0 Å². The van der Waals surface area contributed by atoms with Gasteiger partial charge in [0.1, 0.15) is 0 Å². The highest BCUT2D eigenvalue weighted by molar-refractivity contribution is 6.22. The lowest BCUT2D eigenvalue weighted by Crippen LogP contribution is -1.88. The first kappa shape index (κ1) is 21.0. The molecule has 0 aliphatic heterocycles. The summed E-state index contributed by atoms with van der Waals surface area (Å²) < 4.78 is 0. The summed E-state index contributed by atoms with van der Waals surface area (Å²) in [5.41, 5.74) is 2.93.